The van der Waals surface area contributed by atoms with Gasteiger partial charge in [0.05, 0.1) is 0 Å². The third-order valence-electron chi connectivity index (χ3n) is 4.49. The smallest absolute Gasteiger partial charge is 0.124 e. The summed E-state index contributed by atoms with van der Waals surface area (Å²) in [6.45, 7) is 2.12. The molecule has 3 unspecified atom stereocenters. The molecule has 0 amide bonds. The molecule has 0 radical (unpaired) electrons. The standard InChI is InChI=1S/C19H18O/c1-13-9-11-14(12-10-13)15-6-4-7-17-16-5-2-3-8-18(16)20-19(15)17/h2-6,8-12,16-18H,7H2,1H3. The van der Waals surface area contributed by atoms with E-state index in [9.17, 15) is 0 Å². The van der Waals surface area contributed by atoms with Gasteiger partial charge >= 0.3 is 0 Å². The topological polar surface area (TPSA) is 9.23 Å². The van der Waals surface area contributed by atoms with E-state index in [0.29, 0.717) is 11.8 Å². The SMILES string of the molecule is Cc1ccc(C2=C3OC4C=CC=CC4C3CC=C2)cc1. The van der Waals surface area contributed by atoms with Gasteiger partial charge in [-0.15, -0.1) is 0 Å². The van der Waals surface area contributed by atoms with Crippen LogP contribution >= 0.6 is 0 Å². The molecule has 0 aromatic heterocycles. The van der Waals surface area contributed by atoms with E-state index in [0.717, 1.165) is 6.42 Å². The Balaban J connectivity index is 1.78. The van der Waals surface area contributed by atoms with E-state index in [-0.39, 0.29) is 6.10 Å². The molecule has 0 bridgehead atoms. The van der Waals surface area contributed by atoms with Crippen molar-refractivity contribution in [1.29, 1.82) is 0 Å². The normalized spacial score (nSPS) is 30.1. The largest absolute Gasteiger partial charge is 0.489 e. The van der Waals surface area contributed by atoms with Gasteiger partial charge in [0.25, 0.3) is 0 Å². The van der Waals surface area contributed by atoms with E-state index in [1.807, 2.05) is 0 Å². The van der Waals surface area contributed by atoms with Crippen LogP contribution in [0, 0.1) is 18.8 Å². The van der Waals surface area contributed by atoms with Crippen molar-refractivity contribution in [2.24, 2.45) is 11.8 Å². The predicted molar refractivity (Wildman–Crippen MR) is 82.0 cm³/mol. The first-order chi connectivity index (χ1) is 9.83. The highest BCUT2D eigenvalue weighted by Crippen LogP contribution is 2.46. The molecule has 0 saturated carbocycles. The molecule has 1 aromatic rings. The number of ether oxygens (including phenoxy) is 1. The molecule has 1 aliphatic heterocycles. The van der Waals surface area contributed by atoms with Crippen LogP contribution in [-0.2, 0) is 4.74 Å². The predicted octanol–water partition coefficient (Wildman–Crippen LogP) is 4.42. The summed E-state index contributed by atoms with van der Waals surface area (Å²) < 4.78 is 6.26. The van der Waals surface area contributed by atoms with Gasteiger partial charge in [-0.05, 0) is 25.0 Å². The van der Waals surface area contributed by atoms with Crippen LogP contribution in [0.25, 0.3) is 5.57 Å². The summed E-state index contributed by atoms with van der Waals surface area (Å²) in [7, 11) is 0. The zero-order chi connectivity index (χ0) is 13.5. The highest BCUT2D eigenvalue weighted by molar-refractivity contribution is 5.77. The van der Waals surface area contributed by atoms with Crippen molar-refractivity contribution in [1.82, 2.24) is 0 Å². The number of fused-ring (bicyclic) bond motifs is 3. The van der Waals surface area contributed by atoms with Crippen molar-refractivity contribution in [3.63, 3.8) is 0 Å². The second kappa shape index (κ2) is 4.52. The van der Waals surface area contributed by atoms with Gasteiger partial charge in [-0.25, -0.2) is 0 Å². The van der Waals surface area contributed by atoms with Crippen molar-refractivity contribution < 1.29 is 4.74 Å². The Hall–Kier alpha value is -2.02. The van der Waals surface area contributed by atoms with E-state index in [4.69, 9.17) is 4.74 Å². The summed E-state index contributed by atoms with van der Waals surface area (Å²) in [6, 6.07) is 8.73. The van der Waals surface area contributed by atoms with Gasteiger partial charge in [0, 0.05) is 17.4 Å². The summed E-state index contributed by atoms with van der Waals surface area (Å²) in [6.07, 6.45) is 14.6. The first-order valence-electron chi connectivity index (χ1n) is 7.32. The van der Waals surface area contributed by atoms with Crippen molar-refractivity contribution in [2.75, 3.05) is 0 Å². The molecule has 1 heterocycles. The lowest BCUT2D eigenvalue weighted by atomic mass is 9.80. The Morgan fingerprint density at radius 2 is 1.85 bits per heavy atom. The third kappa shape index (κ3) is 1.77. The van der Waals surface area contributed by atoms with Crippen LogP contribution in [0.3, 0.4) is 0 Å². The summed E-state index contributed by atoms with van der Waals surface area (Å²) in [5, 5.41) is 0. The lowest BCUT2D eigenvalue weighted by Crippen LogP contribution is -2.18. The molecule has 1 aromatic carbocycles. The Labute approximate surface area is 120 Å². The van der Waals surface area contributed by atoms with Gasteiger partial charge < -0.3 is 4.74 Å². The van der Waals surface area contributed by atoms with Crippen LogP contribution in [0.4, 0.5) is 0 Å². The van der Waals surface area contributed by atoms with Gasteiger partial charge in [-0.3, -0.25) is 0 Å². The summed E-state index contributed by atoms with van der Waals surface area (Å²) in [5.74, 6) is 2.19. The second-order valence-corrected chi connectivity index (χ2v) is 5.82. The minimum atomic E-state index is 0.223. The molecule has 0 spiro atoms. The van der Waals surface area contributed by atoms with E-state index < -0.39 is 0 Å². The average molecular weight is 262 g/mol. The van der Waals surface area contributed by atoms with E-state index >= 15 is 0 Å². The van der Waals surface area contributed by atoms with Gasteiger partial charge in [0.2, 0.25) is 0 Å². The molecule has 3 aliphatic rings. The van der Waals surface area contributed by atoms with Crippen molar-refractivity contribution in [3.05, 3.63) is 77.6 Å². The molecule has 3 atom stereocenters. The highest BCUT2D eigenvalue weighted by atomic mass is 16.5. The van der Waals surface area contributed by atoms with E-state index in [1.165, 1.54) is 22.5 Å². The minimum absolute atomic E-state index is 0.223. The Kier molecular flexibility index (Phi) is 2.66. The van der Waals surface area contributed by atoms with E-state index in [2.05, 4.69) is 67.6 Å². The second-order valence-electron chi connectivity index (χ2n) is 5.82. The third-order valence-corrected chi connectivity index (χ3v) is 4.49. The van der Waals surface area contributed by atoms with Crippen molar-refractivity contribution in [3.8, 4) is 0 Å². The van der Waals surface area contributed by atoms with Crippen LogP contribution in [0.2, 0.25) is 0 Å². The molecular formula is C19H18O. The molecule has 100 valence electrons. The fourth-order valence-electron chi connectivity index (χ4n) is 3.41. The maximum Gasteiger partial charge on any atom is 0.124 e. The quantitative estimate of drug-likeness (QED) is 0.727. The molecule has 1 fully saturated rings. The van der Waals surface area contributed by atoms with Gasteiger partial charge in [-0.1, -0.05) is 60.2 Å². The fourth-order valence-corrected chi connectivity index (χ4v) is 3.41. The summed E-state index contributed by atoms with van der Waals surface area (Å²) in [5.41, 5.74) is 3.82. The van der Waals surface area contributed by atoms with Crippen LogP contribution in [0.1, 0.15) is 17.5 Å². The zero-order valence-corrected chi connectivity index (χ0v) is 11.6. The maximum atomic E-state index is 6.26. The molecule has 1 saturated heterocycles. The monoisotopic (exact) mass is 262 g/mol. The fraction of sp³-hybridized carbons (Fsp3) is 0.263. The molecular weight excluding hydrogens is 244 g/mol. The maximum absolute atomic E-state index is 6.26. The summed E-state index contributed by atoms with van der Waals surface area (Å²) in [4.78, 5) is 0. The highest BCUT2D eigenvalue weighted by Gasteiger charge is 2.41. The molecule has 20 heavy (non-hydrogen) atoms. The molecule has 1 heteroatoms. The molecule has 0 N–H and O–H groups in total. The average Bonchev–Trinajstić information content (AvgIpc) is 2.87. The van der Waals surface area contributed by atoms with Crippen LogP contribution in [0.15, 0.2) is 66.5 Å². The van der Waals surface area contributed by atoms with Crippen LogP contribution < -0.4 is 0 Å². The number of aryl methyl sites for hydroxylation is 1. The molecule has 2 aliphatic carbocycles. The number of allylic oxidation sites excluding steroid dienone is 6. The number of rotatable bonds is 1. The number of hydrogen-bond acceptors (Lipinski definition) is 1. The molecule has 4 rings (SSSR count). The van der Waals surface area contributed by atoms with Crippen LogP contribution in [0.5, 0.6) is 0 Å². The van der Waals surface area contributed by atoms with Crippen LogP contribution in [-0.4, -0.2) is 6.10 Å². The first kappa shape index (κ1) is 11.8. The Bertz CT molecular complexity index is 643. The lowest BCUT2D eigenvalue weighted by molar-refractivity contribution is 0.186. The van der Waals surface area contributed by atoms with Crippen molar-refractivity contribution in [2.45, 2.75) is 19.4 Å². The minimum Gasteiger partial charge on any atom is -0.489 e. The number of hydrogen-bond donors (Lipinski definition) is 0. The Morgan fingerprint density at radius 3 is 2.70 bits per heavy atom. The van der Waals surface area contributed by atoms with E-state index in [1.54, 1.807) is 0 Å². The zero-order valence-electron chi connectivity index (χ0n) is 11.6. The Morgan fingerprint density at radius 1 is 1.05 bits per heavy atom. The van der Waals surface area contributed by atoms with Gasteiger partial charge in [0.15, 0.2) is 0 Å². The summed E-state index contributed by atoms with van der Waals surface area (Å²) >= 11 is 0. The van der Waals surface area contributed by atoms with Gasteiger partial charge in [-0.2, -0.15) is 0 Å². The lowest BCUT2D eigenvalue weighted by Gasteiger charge is -2.20. The van der Waals surface area contributed by atoms with Crippen molar-refractivity contribution >= 4 is 5.57 Å². The first-order valence-corrected chi connectivity index (χ1v) is 7.32. The van der Waals surface area contributed by atoms with Gasteiger partial charge in [0.1, 0.15) is 11.9 Å². The number of benzene rings is 1. The molecule has 1 nitrogen and oxygen atoms in total.